The highest BCUT2D eigenvalue weighted by atomic mass is 32.2. The van der Waals surface area contributed by atoms with Gasteiger partial charge >= 0.3 is 0 Å². The molecule has 0 spiro atoms. The molecule has 0 saturated heterocycles. The zero-order chi connectivity index (χ0) is 20.9. The molecule has 8 nitrogen and oxygen atoms in total. The van der Waals surface area contributed by atoms with Crippen molar-refractivity contribution >= 4 is 15.9 Å². The summed E-state index contributed by atoms with van der Waals surface area (Å²) in [6, 6.07) is 8.61. The second-order valence-electron chi connectivity index (χ2n) is 5.89. The van der Waals surface area contributed by atoms with Crippen molar-refractivity contribution in [3.05, 3.63) is 47.5 Å². The Kier molecular flexibility index (Phi) is 6.87. The lowest BCUT2D eigenvalue weighted by Gasteiger charge is -2.19. The van der Waals surface area contributed by atoms with Crippen molar-refractivity contribution in [3.63, 3.8) is 0 Å². The predicted octanol–water partition coefficient (Wildman–Crippen LogP) is 2.11. The number of nitrogens with one attached hydrogen (secondary N) is 2. The molecule has 0 heterocycles. The van der Waals surface area contributed by atoms with Crippen molar-refractivity contribution in [1.29, 1.82) is 0 Å². The van der Waals surface area contributed by atoms with Crippen LogP contribution in [0.1, 0.15) is 28.9 Å². The molecule has 0 bridgehead atoms. The third kappa shape index (κ3) is 4.55. The van der Waals surface area contributed by atoms with Gasteiger partial charge in [0.1, 0.15) is 17.2 Å². The second-order valence-corrected chi connectivity index (χ2v) is 7.61. The van der Waals surface area contributed by atoms with Crippen molar-refractivity contribution in [1.82, 2.24) is 10.0 Å². The fourth-order valence-corrected chi connectivity index (χ4v) is 3.96. The Labute approximate surface area is 164 Å². The van der Waals surface area contributed by atoms with Crippen LogP contribution < -0.4 is 24.2 Å². The maximum atomic E-state index is 12.9. The number of hydrogen-bond donors (Lipinski definition) is 2. The minimum atomic E-state index is -3.92. The van der Waals surface area contributed by atoms with Crippen LogP contribution in [-0.4, -0.2) is 42.7 Å². The van der Waals surface area contributed by atoms with E-state index in [1.807, 2.05) is 0 Å². The highest BCUT2D eigenvalue weighted by Gasteiger charge is 2.23. The fraction of sp³-hybridized carbons (Fsp3) is 0.316. The summed E-state index contributed by atoms with van der Waals surface area (Å²) in [4.78, 5) is 12.0. The van der Waals surface area contributed by atoms with Gasteiger partial charge in [-0.15, -0.1) is 0 Å². The van der Waals surface area contributed by atoms with Gasteiger partial charge in [0.2, 0.25) is 10.0 Å². The first-order valence-corrected chi connectivity index (χ1v) is 9.90. The molecule has 2 aromatic carbocycles. The molecule has 1 unspecified atom stereocenters. The van der Waals surface area contributed by atoms with Crippen LogP contribution in [0, 0.1) is 0 Å². The monoisotopic (exact) mass is 408 g/mol. The first kappa shape index (κ1) is 21.5. The molecule has 0 aliphatic carbocycles. The predicted molar refractivity (Wildman–Crippen MR) is 105 cm³/mol. The highest BCUT2D eigenvalue weighted by molar-refractivity contribution is 7.89. The molecule has 1 atom stereocenters. The number of carbonyl (C=O) groups is 1. The van der Waals surface area contributed by atoms with Crippen LogP contribution in [0.15, 0.2) is 41.3 Å². The summed E-state index contributed by atoms with van der Waals surface area (Å²) in [6.45, 7) is 1.69. The number of rotatable bonds is 8. The van der Waals surface area contributed by atoms with Crippen LogP contribution in [0.4, 0.5) is 0 Å². The molecular weight excluding hydrogens is 384 g/mol. The molecule has 28 heavy (non-hydrogen) atoms. The van der Waals surface area contributed by atoms with E-state index in [9.17, 15) is 13.2 Å². The van der Waals surface area contributed by atoms with E-state index in [-0.39, 0.29) is 16.2 Å². The van der Waals surface area contributed by atoms with E-state index < -0.39 is 22.0 Å². The van der Waals surface area contributed by atoms with Gasteiger partial charge in [-0.25, -0.2) is 13.1 Å². The third-order valence-electron chi connectivity index (χ3n) is 4.19. The van der Waals surface area contributed by atoms with Crippen LogP contribution in [0.2, 0.25) is 0 Å². The smallest absolute Gasteiger partial charge is 0.254 e. The molecule has 0 aliphatic rings. The van der Waals surface area contributed by atoms with Crippen molar-refractivity contribution < 1.29 is 27.4 Å². The maximum absolute atomic E-state index is 12.9. The quantitative estimate of drug-likeness (QED) is 0.694. The maximum Gasteiger partial charge on any atom is 0.254 e. The lowest BCUT2D eigenvalue weighted by Crippen LogP contribution is -2.28. The van der Waals surface area contributed by atoms with E-state index in [0.29, 0.717) is 17.1 Å². The summed E-state index contributed by atoms with van der Waals surface area (Å²) in [5.74, 6) is 0.933. The van der Waals surface area contributed by atoms with Gasteiger partial charge in [0.25, 0.3) is 5.91 Å². The summed E-state index contributed by atoms with van der Waals surface area (Å²) in [5.41, 5.74) is 0.741. The van der Waals surface area contributed by atoms with Gasteiger partial charge in [-0.05, 0) is 43.3 Å². The Morgan fingerprint density at radius 2 is 1.61 bits per heavy atom. The second kappa shape index (κ2) is 8.94. The van der Waals surface area contributed by atoms with E-state index in [1.54, 1.807) is 25.1 Å². The Morgan fingerprint density at radius 1 is 0.964 bits per heavy atom. The molecule has 0 aromatic heterocycles. The highest BCUT2D eigenvalue weighted by Crippen LogP contribution is 2.30. The normalized spacial score (nSPS) is 12.2. The average Bonchev–Trinajstić information content (AvgIpc) is 2.71. The lowest BCUT2D eigenvalue weighted by atomic mass is 10.1. The minimum absolute atomic E-state index is 0.0550. The summed E-state index contributed by atoms with van der Waals surface area (Å²) >= 11 is 0. The first-order chi connectivity index (χ1) is 13.3. The number of sulfonamides is 1. The van der Waals surface area contributed by atoms with Crippen LogP contribution >= 0.6 is 0 Å². The molecule has 2 rings (SSSR count). The summed E-state index contributed by atoms with van der Waals surface area (Å²) in [7, 11) is 1.97. The summed E-state index contributed by atoms with van der Waals surface area (Å²) in [5, 5.41) is 2.46. The van der Waals surface area contributed by atoms with Crippen molar-refractivity contribution in [2.24, 2.45) is 0 Å². The van der Waals surface area contributed by atoms with Gasteiger partial charge in [-0.1, -0.05) is 0 Å². The van der Waals surface area contributed by atoms with Gasteiger partial charge in [0.05, 0.1) is 31.8 Å². The molecule has 2 N–H and O–H groups in total. The van der Waals surface area contributed by atoms with E-state index >= 15 is 0 Å². The zero-order valence-electron chi connectivity index (χ0n) is 16.4. The largest absolute Gasteiger partial charge is 0.497 e. The Bertz CT molecular complexity index is 959. The van der Waals surface area contributed by atoms with E-state index in [0.717, 1.165) is 0 Å². The number of carbonyl (C=O) groups excluding carboxylic acids is 1. The van der Waals surface area contributed by atoms with Crippen molar-refractivity contribution in [2.75, 3.05) is 28.4 Å². The first-order valence-electron chi connectivity index (χ1n) is 8.41. The summed E-state index contributed by atoms with van der Waals surface area (Å²) in [6.07, 6.45) is 0. The van der Waals surface area contributed by atoms with E-state index in [2.05, 4.69) is 10.0 Å². The molecule has 2 aromatic rings. The molecule has 0 saturated carbocycles. The van der Waals surface area contributed by atoms with Gasteiger partial charge in [-0.2, -0.15) is 0 Å². The molecule has 9 heteroatoms. The number of ether oxygens (including phenoxy) is 3. The molecule has 152 valence electrons. The number of amides is 1. The fourth-order valence-electron chi connectivity index (χ4n) is 2.71. The molecular formula is C19H24N2O6S. The SMILES string of the molecule is CNC(=O)c1cc(S(=O)(=O)NC(C)c2cc(OC)ccc2OC)ccc1OC. The number of benzene rings is 2. The van der Waals surface area contributed by atoms with Gasteiger partial charge in [0, 0.05) is 18.7 Å². The lowest BCUT2D eigenvalue weighted by molar-refractivity contribution is 0.0960. The Morgan fingerprint density at radius 3 is 2.18 bits per heavy atom. The average molecular weight is 408 g/mol. The minimum Gasteiger partial charge on any atom is -0.497 e. The molecule has 1 amide bonds. The van der Waals surface area contributed by atoms with E-state index in [4.69, 9.17) is 14.2 Å². The van der Waals surface area contributed by atoms with Crippen LogP contribution in [0.25, 0.3) is 0 Å². The summed E-state index contributed by atoms with van der Waals surface area (Å²) < 4.78 is 44.0. The van der Waals surface area contributed by atoms with E-state index in [1.165, 1.54) is 46.6 Å². The van der Waals surface area contributed by atoms with Crippen LogP contribution in [0.3, 0.4) is 0 Å². The van der Waals surface area contributed by atoms with Crippen LogP contribution in [0.5, 0.6) is 17.2 Å². The van der Waals surface area contributed by atoms with Gasteiger partial charge in [-0.3, -0.25) is 4.79 Å². The number of hydrogen-bond acceptors (Lipinski definition) is 6. The van der Waals surface area contributed by atoms with Gasteiger partial charge in [0.15, 0.2) is 0 Å². The topological polar surface area (TPSA) is 103 Å². The Hall–Kier alpha value is -2.78. The Balaban J connectivity index is 2.40. The van der Waals surface area contributed by atoms with Gasteiger partial charge < -0.3 is 19.5 Å². The molecule has 0 aliphatic heterocycles. The molecule has 0 radical (unpaired) electrons. The van der Waals surface area contributed by atoms with Crippen molar-refractivity contribution in [2.45, 2.75) is 17.9 Å². The van der Waals surface area contributed by atoms with Crippen LogP contribution in [-0.2, 0) is 10.0 Å². The molecule has 0 fully saturated rings. The van der Waals surface area contributed by atoms with Crippen molar-refractivity contribution in [3.8, 4) is 17.2 Å². The standard InChI is InChI=1S/C19H24N2O6S/c1-12(15-10-13(25-3)6-8-17(15)26-4)21-28(23,24)14-7-9-18(27-5)16(11-14)19(22)20-2/h6-12,21H,1-5H3,(H,20,22). The zero-order valence-corrected chi connectivity index (χ0v) is 17.2. The third-order valence-corrected chi connectivity index (χ3v) is 5.73. The number of methoxy groups -OCH3 is 3.